The Morgan fingerprint density at radius 2 is 2.44 bits per heavy atom. The van der Waals surface area contributed by atoms with Gasteiger partial charge in [-0.25, -0.2) is 13.4 Å². The highest BCUT2D eigenvalue weighted by Gasteiger charge is 2.18. The molecule has 1 aromatic heterocycles. The van der Waals surface area contributed by atoms with Gasteiger partial charge < -0.3 is 5.32 Å². The zero-order valence-corrected chi connectivity index (χ0v) is 9.99. The summed E-state index contributed by atoms with van der Waals surface area (Å²) in [5, 5.41) is 11.9. The van der Waals surface area contributed by atoms with Crippen LogP contribution in [0, 0.1) is 11.3 Å². The summed E-state index contributed by atoms with van der Waals surface area (Å²) in [5.74, 6) is -0.546. The van der Waals surface area contributed by atoms with Crippen LogP contribution in [0.3, 0.4) is 0 Å². The summed E-state index contributed by atoms with van der Waals surface area (Å²) in [6, 6.07) is 1.60. The molecule has 8 heteroatoms. The molecule has 0 aliphatic carbocycles. The summed E-state index contributed by atoms with van der Waals surface area (Å²) < 4.78 is 25.0. The lowest BCUT2D eigenvalue weighted by atomic mass is 10.2. The van der Waals surface area contributed by atoms with E-state index in [1.165, 1.54) is 11.3 Å². The monoisotopic (exact) mass is 258 g/mol. The van der Waals surface area contributed by atoms with Crippen molar-refractivity contribution in [2.45, 2.75) is 13.0 Å². The van der Waals surface area contributed by atoms with Crippen LogP contribution in [0.1, 0.15) is 10.6 Å². The van der Waals surface area contributed by atoms with Crippen molar-refractivity contribution in [3.8, 4) is 6.07 Å². The minimum atomic E-state index is -3.57. The molecular formula is C8H10N4O2S2. The van der Waals surface area contributed by atoms with Crippen molar-refractivity contribution < 1.29 is 8.42 Å². The number of hydrogen-bond acceptors (Lipinski definition) is 6. The van der Waals surface area contributed by atoms with Crippen LogP contribution in [0.15, 0.2) is 0 Å². The van der Waals surface area contributed by atoms with Gasteiger partial charge in [0.25, 0.3) is 0 Å². The number of nitriles is 1. The van der Waals surface area contributed by atoms with Gasteiger partial charge in [0.2, 0.25) is 10.0 Å². The molecule has 0 saturated carbocycles. The van der Waals surface area contributed by atoms with Crippen LogP contribution in [0.2, 0.25) is 0 Å². The Labute approximate surface area is 97.4 Å². The maximum atomic E-state index is 11.3. The van der Waals surface area contributed by atoms with Crippen molar-refractivity contribution in [1.29, 1.82) is 5.26 Å². The summed E-state index contributed by atoms with van der Waals surface area (Å²) in [7, 11) is -3.57. The van der Waals surface area contributed by atoms with E-state index in [-0.39, 0.29) is 0 Å². The third-order valence-corrected chi connectivity index (χ3v) is 4.26. The van der Waals surface area contributed by atoms with Crippen molar-refractivity contribution >= 4 is 26.5 Å². The first-order valence-corrected chi connectivity index (χ1v) is 7.14. The van der Waals surface area contributed by atoms with E-state index in [1.54, 1.807) is 6.07 Å². The number of anilines is 1. The highest BCUT2D eigenvalue weighted by atomic mass is 32.2. The Balaban J connectivity index is 2.17. The molecule has 0 radical (unpaired) electrons. The van der Waals surface area contributed by atoms with Crippen molar-refractivity contribution in [2.75, 3.05) is 17.0 Å². The van der Waals surface area contributed by atoms with Crippen molar-refractivity contribution in [2.24, 2.45) is 0 Å². The summed E-state index contributed by atoms with van der Waals surface area (Å²) >= 11 is 1.31. The Morgan fingerprint density at radius 3 is 3.12 bits per heavy atom. The molecule has 0 spiro atoms. The molecule has 2 rings (SSSR count). The number of rotatable bonds is 3. The summed E-state index contributed by atoms with van der Waals surface area (Å²) in [4.78, 5) is 5.25. The molecule has 2 N–H and O–H groups in total. The van der Waals surface area contributed by atoms with Gasteiger partial charge in [-0.15, -0.1) is 0 Å². The molecule has 6 nitrogen and oxygen atoms in total. The molecule has 0 unspecified atom stereocenters. The predicted molar refractivity (Wildman–Crippen MR) is 60.5 cm³/mol. The maximum absolute atomic E-state index is 11.3. The Kier molecular flexibility index (Phi) is 3.09. The standard InChI is InChI=1S/C8H10N4O2S2/c9-2-4-16(13,14)12-8-11-6-1-3-10-5-7(6)15-8/h10H,1,3-5H2,(H,11,12). The fraction of sp³-hybridized carbons (Fsp3) is 0.500. The van der Waals surface area contributed by atoms with E-state index in [2.05, 4.69) is 15.0 Å². The second kappa shape index (κ2) is 4.37. The van der Waals surface area contributed by atoms with Crippen LogP contribution in [-0.2, 0) is 23.0 Å². The van der Waals surface area contributed by atoms with Crippen molar-refractivity contribution in [3.63, 3.8) is 0 Å². The number of hydrogen-bond donors (Lipinski definition) is 2. The first-order valence-electron chi connectivity index (χ1n) is 4.67. The van der Waals surface area contributed by atoms with Crippen LogP contribution in [-0.4, -0.2) is 25.7 Å². The topological polar surface area (TPSA) is 94.9 Å². The van der Waals surface area contributed by atoms with E-state index >= 15 is 0 Å². The average Bonchev–Trinajstić information content (AvgIpc) is 2.58. The molecule has 1 aliphatic heterocycles. The van der Waals surface area contributed by atoms with E-state index < -0.39 is 15.8 Å². The Hall–Kier alpha value is -1.17. The maximum Gasteiger partial charge on any atom is 0.247 e. The van der Waals surface area contributed by atoms with Crippen LogP contribution in [0.25, 0.3) is 0 Å². The fourth-order valence-corrected chi connectivity index (χ4v) is 3.35. The second-order valence-corrected chi connectivity index (χ2v) is 6.14. The van der Waals surface area contributed by atoms with E-state index in [4.69, 9.17) is 5.26 Å². The molecular weight excluding hydrogens is 248 g/mol. The summed E-state index contributed by atoms with van der Waals surface area (Å²) in [6.07, 6.45) is 0.811. The largest absolute Gasteiger partial charge is 0.311 e. The molecule has 16 heavy (non-hydrogen) atoms. The average molecular weight is 258 g/mol. The molecule has 1 aromatic rings. The van der Waals surface area contributed by atoms with E-state index in [9.17, 15) is 8.42 Å². The first-order chi connectivity index (χ1) is 7.61. The van der Waals surface area contributed by atoms with Gasteiger partial charge in [0.15, 0.2) is 10.9 Å². The smallest absolute Gasteiger partial charge is 0.247 e. The SMILES string of the molecule is N#CCS(=O)(=O)Nc1nc2c(s1)CNCC2. The van der Waals surface area contributed by atoms with Gasteiger partial charge in [0.05, 0.1) is 11.8 Å². The van der Waals surface area contributed by atoms with Gasteiger partial charge in [0.1, 0.15) is 0 Å². The van der Waals surface area contributed by atoms with Crippen LogP contribution in [0.4, 0.5) is 5.13 Å². The number of thiazole rings is 1. The third-order valence-electron chi connectivity index (χ3n) is 2.10. The van der Waals surface area contributed by atoms with E-state index in [0.717, 1.165) is 30.1 Å². The zero-order chi connectivity index (χ0) is 11.6. The number of fused-ring (bicyclic) bond motifs is 1. The number of nitrogens with zero attached hydrogens (tertiary/aromatic N) is 2. The van der Waals surface area contributed by atoms with E-state index in [1.807, 2.05) is 0 Å². The number of sulfonamides is 1. The highest BCUT2D eigenvalue weighted by Crippen LogP contribution is 2.25. The van der Waals surface area contributed by atoms with Crippen LogP contribution >= 0.6 is 11.3 Å². The Bertz CT molecular complexity index is 505. The van der Waals surface area contributed by atoms with Crippen LogP contribution < -0.4 is 10.0 Å². The predicted octanol–water partition coefficient (Wildman–Crippen LogP) is 0.0541. The minimum Gasteiger partial charge on any atom is -0.311 e. The van der Waals surface area contributed by atoms with Gasteiger partial charge in [-0.05, 0) is 0 Å². The highest BCUT2D eigenvalue weighted by molar-refractivity contribution is 7.93. The lowest BCUT2D eigenvalue weighted by Crippen LogP contribution is -2.22. The van der Waals surface area contributed by atoms with Gasteiger partial charge in [-0.1, -0.05) is 11.3 Å². The molecule has 0 atom stereocenters. The van der Waals surface area contributed by atoms with E-state index in [0.29, 0.717) is 5.13 Å². The summed E-state index contributed by atoms with van der Waals surface area (Å²) in [6.45, 7) is 1.59. The number of aromatic nitrogens is 1. The van der Waals surface area contributed by atoms with Gasteiger partial charge in [0, 0.05) is 24.4 Å². The van der Waals surface area contributed by atoms with Gasteiger partial charge >= 0.3 is 0 Å². The molecule has 2 heterocycles. The zero-order valence-electron chi connectivity index (χ0n) is 8.36. The first kappa shape index (κ1) is 11.3. The third kappa shape index (κ3) is 2.49. The molecule has 0 bridgehead atoms. The normalized spacial score (nSPS) is 15.2. The molecule has 1 aliphatic rings. The van der Waals surface area contributed by atoms with Gasteiger partial charge in [-0.3, -0.25) is 4.72 Å². The second-order valence-electron chi connectivity index (χ2n) is 3.33. The van der Waals surface area contributed by atoms with Crippen LogP contribution in [0.5, 0.6) is 0 Å². The molecule has 0 amide bonds. The molecule has 86 valence electrons. The van der Waals surface area contributed by atoms with Crippen molar-refractivity contribution in [1.82, 2.24) is 10.3 Å². The molecule has 0 aromatic carbocycles. The lowest BCUT2D eigenvalue weighted by Gasteiger charge is -2.09. The molecule has 0 fully saturated rings. The van der Waals surface area contributed by atoms with Gasteiger partial charge in [-0.2, -0.15) is 5.26 Å². The Morgan fingerprint density at radius 1 is 1.62 bits per heavy atom. The summed E-state index contributed by atoms with van der Waals surface area (Å²) in [5.41, 5.74) is 0.943. The van der Waals surface area contributed by atoms with Crippen molar-refractivity contribution in [3.05, 3.63) is 10.6 Å². The fourth-order valence-electron chi connectivity index (χ4n) is 1.42. The number of nitrogens with one attached hydrogen (secondary N) is 2. The lowest BCUT2D eigenvalue weighted by molar-refractivity contribution is 0.604. The minimum absolute atomic E-state index is 0.351. The quantitative estimate of drug-likeness (QED) is 0.799. The molecule has 0 saturated heterocycles.